The average Bonchev–Trinajstić information content (AvgIpc) is 2.78. The molecule has 0 aliphatic rings. The summed E-state index contributed by atoms with van der Waals surface area (Å²) >= 11 is 0. The fourth-order valence-electron chi connectivity index (χ4n) is 2.45. The molecule has 221 valence electrons. The van der Waals surface area contributed by atoms with E-state index in [4.69, 9.17) is 10.2 Å². The summed E-state index contributed by atoms with van der Waals surface area (Å²) in [5.41, 5.74) is 0.352. The molecule has 0 amide bonds. The van der Waals surface area contributed by atoms with E-state index in [1.807, 2.05) is 0 Å². The maximum absolute atomic E-state index is 10.0. The summed E-state index contributed by atoms with van der Waals surface area (Å²) in [7, 11) is 0. The smallest absolute Gasteiger partial charge is 0.550 e. The third kappa shape index (κ3) is 60.4. The van der Waals surface area contributed by atoms with E-state index < -0.39 is 23.9 Å². The van der Waals surface area contributed by atoms with Gasteiger partial charge in [-0.2, -0.15) is 0 Å². The van der Waals surface area contributed by atoms with Gasteiger partial charge < -0.3 is 30.0 Å². The molecule has 9 heteroatoms. The molecule has 37 heavy (non-hydrogen) atoms. The van der Waals surface area contributed by atoms with E-state index in [1.54, 1.807) is 0 Å². The van der Waals surface area contributed by atoms with Crippen LogP contribution in [0.5, 0.6) is 0 Å². The van der Waals surface area contributed by atoms with Gasteiger partial charge in [0.25, 0.3) is 0 Å². The van der Waals surface area contributed by atoms with Crippen LogP contribution in [0.25, 0.3) is 0 Å². The molecule has 0 aliphatic heterocycles. The number of carbonyl (C=O) groups is 4. The Hall–Kier alpha value is -2.12. The monoisotopic (exact) mass is 577 g/mol. The van der Waals surface area contributed by atoms with Crippen LogP contribution in [0.3, 0.4) is 0 Å². The van der Waals surface area contributed by atoms with Crippen molar-refractivity contribution in [3.63, 3.8) is 0 Å². The van der Waals surface area contributed by atoms with Crippen molar-refractivity contribution in [2.45, 2.75) is 130 Å². The van der Waals surface area contributed by atoms with E-state index in [1.165, 1.54) is 78.1 Å². The van der Waals surface area contributed by atoms with Crippen LogP contribution < -0.4 is 10.2 Å². The third-order valence-corrected chi connectivity index (χ3v) is 4.70. The van der Waals surface area contributed by atoms with E-state index in [0.717, 1.165) is 25.7 Å². The van der Waals surface area contributed by atoms with Gasteiger partial charge in [-0.05, 0) is 39.5 Å². The van der Waals surface area contributed by atoms with E-state index in [0.29, 0.717) is 0 Å². The van der Waals surface area contributed by atoms with Gasteiger partial charge in [0, 0.05) is 23.1 Å². The Morgan fingerprint density at radius 1 is 0.541 bits per heavy atom. The first-order chi connectivity index (χ1) is 16.8. The number of carboxylic acids is 4. The predicted molar refractivity (Wildman–Crippen MR) is 140 cm³/mol. The molecular weight excluding hydrogens is 528 g/mol. The second-order valence-electron chi connectivity index (χ2n) is 8.66. The molecular formula is C28H50CuO8. The first kappa shape index (κ1) is 44.8. The fraction of sp³-hybridized carbons (Fsp3) is 0.714. The van der Waals surface area contributed by atoms with Gasteiger partial charge in [-0.25, -0.2) is 9.59 Å². The molecule has 0 aromatic carbocycles. The van der Waals surface area contributed by atoms with Crippen molar-refractivity contribution in [1.82, 2.24) is 0 Å². The van der Waals surface area contributed by atoms with Gasteiger partial charge in [0.1, 0.15) is 0 Å². The second-order valence-corrected chi connectivity index (χ2v) is 8.66. The van der Waals surface area contributed by atoms with Crippen molar-refractivity contribution in [2.24, 2.45) is 0 Å². The summed E-state index contributed by atoms with van der Waals surface area (Å²) < 4.78 is 0. The molecule has 0 rings (SSSR count). The summed E-state index contributed by atoms with van der Waals surface area (Å²) in [5, 5.41) is 35.8. The minimum atomic E-state index is -0.935. The molecule has 0 heterocycles. The first-order valence-electron chi connectivity index (χ1n) is 13.0. The quantitative estimate of drug-likeness (QED) is 0.130. The first-order valence-corrected chi connectivity index (χ1v) is 13.0. The van der Waals surface area contributed by atoms with Crippen molar-refractivity contribution in [1.29, 1.82) is 0 Å². The molecule has 0 fully saturated rings. The van der Waals surface area contributed by atoms with Crippen molar-refractivity contribution in [3.05, 3.63) is 24.3 Å². The largest absolute Gasteiger partial charge is 2.00 e. The van der Waals surface area contributed by atoms with Crippen molar-refractivity contribution >= 4 is 23.9 Å². The fourth-order valence-corrected chi connectivity index (χ4v) is 2.45. The van der Waals surface area contributed by atoms with E-state index in [-0.39, 0.29) is 41.1 Å². The van der Waals surface area contributed by atoms with E-state index in [2.05, 4.69) is 27.0 Å². The zero-order valence-corrected chi connectivity index (χ0v) is 24.3. The molecule has 0 unspecified atom stereocenters. The Bertz CT molecular complexity index is 527. The average molecular weight is 578 g/mol. The van der Waals surface area contributed by atoms with Gasteiger partial charge in [0.15, 0.2) is 0 Å². The zero-order chi connectivity index (χ0) is 28.8. The van der Waals surface area contributed by atoms with Crippen molar-refractivity contribution < 1.29 is 56.7 Å². The van der Waals surface area contributed by atoms with Crippen LogP contribution >= 0.6 is 0 Å². The van der Waals surface area contributed by atoms with Crippen LogP contribution in [0.1, 0.15) is 130 Å². The molecule has 0 aliphatic carbocycles. The number of hydrogen-bond donors (Lipinski definition) is 2. The van der Waals surface area contributed by atoms with Crippen molar-refractivity contribution in [3.8, 4) is 0 Å². The summed E-state index contributed by atoms with van der Waals surface area (Å²) in [6, 6.07) is 0. The molecule has 0 aromatic heterocycles. The van der Waals surface area contributed by atoms with Gasteiger partial charge in [-0.15, -0.1) is 0 Å². The standard InChI is InChI=1S/2C10H20O2.2C4H6O2.Cu/c2*1-2-3-4-5-6-7-8-9-10(11)12;2*1-3(2)4(5)6;/h2*2-9H2,1H3,(H,11,12);2*1H2,2H3,(H,5,6);/q;;;;+2/p-2. The molecule has 0 aromatic rings. The van der Waals surface area contributed by atoms with Crippen LogP contribution in [0.2, 0.25) is 0 Å². The molecule has 0 saturated carbocycles. The maximum atomic E-state index is 10.0. The molecule has 0 bridgehead atoms. The minimum absolute atomic E-state index is 0. The van der Waals surface area contributed by atoms with Gasteiger partial charge in [0.05, 0.1) is 0 Å². The van der Waals surface area contributed by atoms with Gasteiger partial charge >= 0.3 is 29.0 Å². The molecule has 8 nitrogen and oxygen atoms in total. The maximum Gasteiger partial charge on any atom is 2.00 e. The minimum Gasteiger partial charge on any atom is -0.550 e. The number of carbonyl (C=O) groups excluding carboxylic acids is 2. The Balaban J connectivity index is -0.000000128. The number of rotatable bonds is 18. The van der Waals surface area contributed by atoms with Gasteiger partial charge in [-0.1, -0.05) is 104 Å². The molecule has 0 spiro atoms. The summed E-state index contributed by atoms with van der Waals surface area (Å²) in [6.07, 6.45) is 16.7. The summed E-state index contributed by atoms with van der Waals surface area (Å²) in [5.74, 6) is -3.70. The Morgan fingerprint density at radius 3 is 0.892 bits per heavy atom. The van der Waals surface area contributed by atoms with Crippen LogP contribution in [-0.4, -0.2) is 34.1 Å². The predicted octanol–water partition coefficient (Wildman–Crippen LogP) is 5.05. The van der Waals surface area contributed by atoms with Crippen LogP contribution in [0.4, 0.5) is 0 Å². The summed E-state index contributed by atoms with van der Waals surface area (Å²) in [4.78, 5) is 39.2. The molecule has 0 atom stereocenters. The van der Waals surface area contributed by atoms with Crippen LogP contribution in [-0.2, 0) is 36.2 Å². The Kier molecular flexibility index (Phi) is 43.7. The van der Waals surface area contributed by atoms with Gasteiger partial charge in [-0.3, -0.25) is 0 Å². The van der Waals surface area contributed by atoms with E-state index in [9.17, 15) is 29.4 Å². The van der Waals surface area contributed by atoms with Crippen molar-refractivity contribution in [2.75, 3.05) is 0 Å². The summed E-state index contributed by atoms with van der Waals surface area (Å²) in [6.45, 7) is 13.6. The van der Waals surface area contributed by atoms with Crippen LogP contribution in [0, 0.1) is 0 Å². The van der Waals surface area contributed by atoms with E-state index >= 15 is 0 Å². The molecule has 1 radical (unpaired) electrons. The molecule has 0 saturated heterocycles. The SMILES string of the molecule is C=C(C)C(=O)O.C=C(C)C(=O)O.CCCCCCCCCC(=O)[O-].CCCCCCCCCC(=O)[O-].[Cu+2]. The number of unbranched alkanes of at least 4 members (excludes halogenated alkanes) is 12. The van der Waals surface area contributed by atoms with Gasteiger partial charge in [0.2, 0.25) is 0 Å². The third-order valence-electron chi connectivity index (χ3n) is 4.70. The topological polar surface area (TPSA) is 155 Å². The normalized spacial score (nSPS) is 8.97. The number of carboxylic acid groups (broad SMARTS) is 4. The number of aliphatic carboxylic acids is 4. The Morgan fingerprint density at radius 2 is 0.730 bits per heavy atom. The second kappa shape index (κ2) is 36.0. The Labute approximate surface area is 235 Å². The molecule has 2 N–H and O–H groups in total. The zero-order valence-electron chi connectivity index (χ0n) is 23.4. The van der Waals surface area contributed by atoms with Crippen LogP contribution in [0.15, 0.2) is 24.3 Å². The number of hydrogen-bond acceptors (Lipinski definition) is 6.